The van der Waals surface area contributed by atoms with Gasteiger partial charge in [0, 0.05) is 6.07 Å². The first-order chi connectivity index (χ1) is 12.5. The molecule has 0 atom stereocenters. The van der Waals surface area contributed by atoms with Crippen molar-refractivity contribution >= 4 is 5.78 Å². The fourth-order valence-electron chi connectivity index (χ4n) is 2.81. The van der Waals surface area contributed by atoms with Crippen molar-refractivity contribution in [2.45, 2.75) is 40.5 Å². The predicted molar refractivity (Wildman–Crippen MR) is 99.1 cm³/mol. The lowest BCUT2D eigenvalue weighted by molar-refractivity contribution is 0.101. The van der Waals surface area contributed by atoms with E-state index in [4.69, 9.17) is 4.74 Å². The third kappa shape index (κ3) is 3.79. The number of rotatable bonds is 6. The molecular formula is C20H22N4O2. The second-order valence-corrected chi connectivity index (χ2v) is 6.22. The Morgan fingerprint density at radius 3 is 2.50 bits per heavy atom. The van der Waals surface area contributed by atoms with Crippen molar-refractivity contribution in [3.63, 3.8) is 0 Å². The van der Waals surface area contributed by atoms with Gasteiger partial charge in [0.25, 0.3) is 0 Å². The molecule has 0 unspecified atom stereocenters. The van der Waals surface area contributed by atoms with Crippen LogP contribution in [0.25, 0.3) is 5.82 Å². The van der Waals surface area contributed by atoms with E-state index in [2.05, 4.69) is 34.1 Å². The first kappa shape index (κ1) is 17.8. The number of aromatic nitrogens is 4. The quantitative estimate of drug-likeness (QED) is 0.622. The highest BCUT2D eigenvalue weighted by molar-refractivity contribution is 5.94. The fourth-order valence-corrected chi connectivity index (χ4v) is 2.81. The second-order valence-electron chi connectivity index (χ2n) is 6.22. The molecule has 0 radical (unpaired) electrons. The lowest BCUT2D eigenvalue weighted by atomic mass is 10.1. The summed E-state index contributed by atoms with van der Waals surface area (Å²) in [6.07, 6.45) is 3.72. The van der Waals surface area contributed by atoms with Crippen LogP contribution in [-0.4, -0.2) is 25.5 Å². The molecule has 0 N–H and O–H groups in total. The Balaban J connectivity index is 1.89. The van der Waals surface area contributed by atoms with Gasteiger partial charge in [-0.15, -0.1) is 0 Å². The van der Waals surface area contributed by atoms with Gasteiger partial charge in [-0.1, -0.05) is 25.5 Å². The minimum absolute atomic E-state index is 0.0248. The Labute approximate surface area is 152 Å². The number of ketones is 1. The van der Waals surface area contributed by atoms with Crippen LogP contribution in [0, 0.1) is 13.8 Å². The van der Waals surface area contributed by atoms with E-state index < -0.39 is 0 Å². The van der Waals surface area contributed by atoms with E-state index >= 15 is 0 Å². The first-order valence-corrected chi connectivity index (χ1v) is 8.66. The van der Waals surface area contributed by atoms with E-state index in [9.17, 15) is 4.79 Å². The van der Waals surface area contributed by atoms with Crippen LogP contribution in [0.5, 0.6) is 11.6 Å². The van der Waals surface area contributed by atoms with Gasteiger partial charge in [0.15, 0.2) is 11.6 Å². The van der Waals surface area contributed by atoms with Crippen molar-refractivity contribution < 1.29 is 9.53 Å². The summed E-state index contributed by atoms with van der Waals surface area (Å²) in [6.45, 7) is 7.32. The smallest absolute Gasteiger partial charge is 0.224 e. The standard InChI is InChI=1S/C20H22N4O2/c1-5-6-16-7-9-17(10-8-16)26-20-11-19(22-15(4)23-20)24-13(2)18(12-21-24)14(3)25/h7-12H,5-6H2,1-4H3. The largest absolute Gasteiger partial charge is 0.439 e. The Morgan fingerprint density at radius 2 is 1.88 bits per heavy atom. The van der Waals surface area contributed by atoms with E-state index in [0.717, 1.165) is 24.3 Å². The molecule has 26 heavy (non-hydrogen) atoms. The van der Waals surface area contributed by atoms with Gasteiger partial charge in [0.2, 0.25) is 5.88 Å². The number of ether oxygens (including phenoxy) is 1. The molecule has 0 aliphatic rings. The molecule has 1 aromatic carbocycles. The molecule has 3 aromatic rings. The lowest BCUT2D eigenvalue weighted by Crippen LogP contribution is -2.06. The zero-order valence-corrected chi connectivity index (χ0v) is 15.5. The Bertz CT molecular complexity index is 929. The average Bonchev–Trinajstić information content (AvgIpc) is 2.98. The van der Waals surface area contributed by atoms with Crippen LogP contribution in [-0.2, 0) is 6.42 Å². The van der Waals surface area contributed by atoms with Crippen LogP contribution in [0.15, 0.2) is 36.5 Å². The maximum absolute atomic E-state index is 11.6. The summed E-state index contributed by atoms with van der Waals surface area (Å²) in [5.41, 5.74) is 2.60. The maximum Gasteiger partial charge on any atom is 0.224 e. The van der Waals surface area contributed by atoms with Crippen LogP contribution in [0.1, 0.15) is 47.7 Å². The van der Waals surface area contributed by atoms with E-state index in [1.165, 1.54) is 12.5 Å². The first-order valence-electron chi connectivity index (χ1n) is 8.66. The van der Waals surface area contributed by atoms with Crippen molar-refractivity contribution in [2.24, 2.45) is 0 Å². The van der Waals surface area contributed by atoms with E-state index in [-0.39, 0.29) is 5.78 Å². The van der Waals surface area contributed by atoms with Crippen LogP contribution in [0.4, 0.5) is 0 Å². The number of carbonyl (C=O) groups is 1. The number of aryl methyl sites for hydroxylation is 2. The summed E-state index contributed by atoms with van der Waals surface area (Å²) in [5.74, 6) is 2.27. The molecule has 2 heterocycles. The van der Waals surface area contributed by atoms with Gasteiger partial charge in [-0.2, -0.15) is 10.1 Å². The molecule has 0 spiro atoms. The molecule has 134 valence electrons. The highest BCUT2D eigenvalue weighted by Crippen LogP contribution is 2.23. The van der Waals surface area contributed by atoms with Crippen LogP contribution >= 0.6 is 0 Å². The Morgan fingerprint density at radius 1 is 1.15 bits per heavy atom. The molecule has 0 fully saturated rings. The summed E-state index contributed by atoms with van der Waals surface area (Å²) in [5, 5.41) is 4.28. The molecule has 6 nitrogen and oxygen atoms in total. The topological polar surface area (TPSA) is 69.9 Å². The summed E-state index contributed by atoms with van der Waals surface area (Å²) < 4.78 is 7.52. The predicted octanol–water partition coefficient (Wildman–Crippen LogP) is 4.23. The molecule has 0 aliphatic heterocycles. The minimum atomic E-state index is -0.0248. The lowest BCUT2D eigenvalue weighted by Gasteiger charge is -2.09. The Kier molecular flexibility index (Phi) is 5.11. The normalized spacial score (nSPS) is 10.8. The van der Waals surface area contributed by atoms with Gasteiger partial charge in [0.1, 0.15) is 11.6 Å². The molecule has 2 aromatic heterocycles. The van der Waals surface area contributed by atoms with Crippen LogP contribution < -0.4 is 4.74 Å². The van der Waals surface area contributed by atoms with Gasteiger partial charge < -0.3 is 4.74 Å². The number of hydrogen-bond acceptors (Lipinski definition) is 5. The molecule has 0 bridgehead atoms. The van der Waals surface area contributed by atoms with E-state index in [0.29, 0.717) is 23.1 Å². The monoisotopic (exact) mass is 350 g/mol. The molecule has 3 rings (SSSR count). The van der Waals surface area contributed by atoms with Crippen molar-refractivity contribution in [3.8, 4) is 17.4 Å². The summed E-state index contributed by atoms with van der Waals surface area (Å²) in [7, 11) is 0. The van der Waals surface area contributed by atoms with Crippen molar-refractivity contribution in [1.82, 2.24) is 19.7 Å². The zero-order chi connectivity index (χ0) is 18.7. The number of carbonyl (C=O) groups excluding carboxylic acids is 1. The fraction of sp³-hybridized carbons (Fsp3) is 0.300. The SMILES string of the molecule is CCCc1ccc(Oc2cc(-n3ncc(C(C)=O)c3C)nc(C)n2)cc1. The van der Waals surface area contributed by atoms with Crippen LogP contribution in [0.3, 0.4) is 0 Å². The van der Waals surface area contributed by atoms with E-state index in [1.54, 1.807) is 23.9 Å². The molecule has 0 aliphatic carbocycles. The number of nitrogens with zero attached hydrogens (tertiary/aromatic N) is 4. The van der Waals surface area contributed by atoms with Gasteiger partial charge in [-0.05, 0) is 44.9 Å². The summed E-state index contributed by atoms with van der Waals surface area (Å²) in [6, 6.07) is 9.72. The molecule has 6 heteroatoms. The highest BCUT2D eigenvalue weighted by atomic mass is 16.5. The summed E-state index contributed by atoms with van der Waals surface area (Å²) >= 11 is 0. The third-order valence-corrected chi connectivity index (χ3v) is 4.09. The number of benzene rings is 1. The van der Waals surface area contributed by atoms with Gasteiger partial charge >= 0.3 is 0 Å². The van der Waals surface area contributed by atoms with Crippen LogP contribution in [0.2, 0.25) is 0 Å². The zero-order valence-electron chi connectivity index (χ0n) is 15.5. The molecule has 0 saturated heterocycles. The van der Waals surface area contributed by atoms with Gasteiger partial charge in [-0.25, -0.2) is 9.67 Å². The van der Waals surface area contributed by atoms with E-state index in [1.807, 2.05) is 19.1 Å². The van der Waals surface area contributed by atoms with Crippen molar-refractivity contribution in [3.05, 3.63) is 59.2 Å². The third-order valence-electron chi connectivity index (χ3n) is 4.09. The average molecular weight is 350 g/mol. The second kappa shape index (κ2) is 7.47. The number of hydrogen-bond donors (Lipinski definition) is 0. The highest BCUT2D eigenvalue weighted by Gasteiger charge is 2.14. The molecule has 0 saturated carbocycles. The molecular weight excluding hydrogens is 328 g/mol. The van der Waals surface area contributed by atoms with Gasteiger partial charge in [0.05, 0.1) is 17.5 Å². The number of Topliss-reactive ketones (excluding diaryl/α,β-unsaturated/α-hetero) is 1. The Hall–Kier alpha value is -3.02. The van der Waals surface area contributed by atoms with Crippen molar-refractivity contribution in [2.75, 3.05) is 0 Å². The maximum atomic E-state index is 11.6. The summed E-state index contributed by atoms with van der Waals surface area (Å²) in [4.78, 5) is 20.4. The van der Waals surface area contributed by atoms with Gasteiger partial charge in [-0.3, -0.25) is 4.79 Å². The van der Waals surface area contributed by atoms with Crippen molar-refractivity contribution in [1.29, 1.82) is 0 Å². The molecule has 0 amide bonds. The minimum Gasteiger partial charge on any atom is -0.439 e.